The molecule has 3 N–H and O–H groups in total. The number of carbonyl (C=O) groups excluding carboxylic acids is 1. The van der Waals surface area contributed by atoms with Gasteiger partial charge in [0, 0.05) is 42.8 Å². The monoisotopic (exact) mass is 436 g/mol. The number of halogens is 1. The third-order valence-electron chi connectivity index (χ3n) is 4.17. The fraction of sp³-hybridized carbons (Fsp3) is 0.421. The Kier molecular flexibility index (Phi) is 6.49. The number of piperazine rings is 1. The molecule has 0 radical (unpaired) electrons. The average molecular weight is 437 g/mol. The van der Waals surface area contributed by atoms with Gasteiger partial charge in [-0.25, -0.2) is 9.78 Å². The van der Waals surface area contributed by atoms with E-state index in [9.17, 15) is 4.79 Å². The summed E-state index contributed by atoms with van der Waals surface area (Å²) in [7, 11) is 0. The van der Waals surface area contributed by atoms with Crippen LogP contribution in [-0.2, 0) is 4.74 Å². The van der Waals surface area contributed by atoms with Gasteiger partial charge in [0.25, 0.3) is 0 Å². The summed E-state index contributed by atoms with van der Waals surface area (Å²) in [6.45, 7) is 8.26. The van der Waals surface area contributed by atoms with E-state index in [1.54, 1.807) is 16.5 Å². The Morgan fingerprint density at radius 2 is 2.07 bits per heavy atom. The lowest BCUT2D eigenvalue weighted by atomic mass is 10.2. The van der Waals surface area contributed by atoms with Crippen molar-refractivity contribution in [2.45, 2.75) is 26.4 Å². The molecule has 2 heterocycles. The van der Waals surface area contributed by atoms with Gasteiger partial charge in [-0.1, -0.05) is 11.6 Å². The SMILES string of the molecule is CC(C)(C)OC(=O)N1CCN(c2ccc(C=NNc3nc(N)cs3)c(Cl)c2)CC1. The molecule has 0 unspecified atom stereocenters. The first-order chi connectivity index (χ1) is 13.7. The summed E-state index contributed by atoms with van der Waals surface area (Å²) >= 11 is 7.80. The number of amides is 1. The number of aromatic nitrogens is 1. The Morgan fingerprint density at radius 3 is 2.66 bits per heavy atom. The molecule has 0 spiro atoms. The van der Waals surface area contributed by atoms with E-state index in [1.807, 2.05) is 39.0 Å². The molecule has 0 aliphatic carbocycles. The number of carbonyl (C=O) groups is 1. The summed E-state index contributed by atoms with van der Waals surface area (Å²) in [4.78, 5) is 20.2. The van der Waals surface area contributed by atoms with Gasteiger partial charge in [0.15, 0.2) is 0 Å². The van der Waals surface area contributed by atoms with Crippen molar-refractivity contribution in [2.24, 2.45) is 5.10 Å². The number of nitrogen functional groups attached to an aromatic ring is 1. The van der Waals surface area contributed by atoms with Crippen LogP contribution in [0.15, 0.2) is 28.7 Å². The van der Waals surface area contributed by atoms with Gasteiger partial charge in [0.2, 0.25) is 5.13 Å². The number of hydrazone groups is 1. The zero-order valence-electron chi connectivity index (χ0n) is 16.7. The molecule has 0 atom stereocenters. The number of ether oxygens (including phenoxy) is 1. The Balaban J connectivity index is 1.56. The summed E-state index contributed by atoms with van der Waals surface area (Å²) in [6.07, 6.45) is 1.38. The van der Waals surface area contributed by atoms with Crippen molar-refractivity contribution in [1.82, 2.24) is 9.88 Å². The molecule has 3 rings (SSSR count). The van der Waals surface area contributed by atoms with E-state index in [2.05, 4.69) is 20.4 Å². The van der Waals surface area contributed by atoms with E-state index >= 15 is 0 Å². The second-order valence-electron chi connectivity index (χ2n) is 7.61. The molecule has 1 aromatic carbocycles. The zero-order chi connectivity index (χ0) is 21.0. The molecule has 8 nitrogen and oxygen atoms in total. The molecule has 10 heteroatoms. The molecule has 1 saturated heterocycles. The van der Waals surface area contributed by atoms with Crippen LogP contribution in [0, 0.1) is 0 Å². The maximum Gasteiger partial charge on any atom is 0.410 e. The molecule has 1 fully saturated rings. The number of nitrogens with two attached hydrogens (primary N) is 1. The highest BCUT2D eigenvalue weighted by Gasteiger charge is 2.26. The first-order valence-corrected chi connectivity index (χ1v) is 10.5. The first-order valence-electron chi connectivity index (χ1n) is 9.24. The summed E-state index contributed by atoms with van der Waals surface area (Å²) in [5, 5.41) is 7.10. The summed E-state index contributed by atoms with van der Waals surface area (Å²) < 4.78 is 5.44. The van der Waals surface area contributed by atoms with Crippen molar-refractivity contribution in [3.63, 3.8) is 0 Å². The number of hydrogen-bond donors (Lipinski definition) is 2. The highest BCUT2D eigenvalue weighted by atomic mass is 35.5. The molecule has 1 aromatic heterocycles. The van der Waals surface area contributed by atoms with Crippen LogP contribution < -0.4 is 16.1 Å². The standard InChI is InChI=1S/C19H25ClN6O2S/c1-19(2,3)28-18(27)26-8-6-25(7-9-26)14-5-4-13(15(20)10-14)11-22-24-17-23-16(21)12-29-17/h4-5,10-12H,6-9,21H2,1-3H3,(H,23,24). The Bertz CT molecular complexity index is 887. The van der Waals surface area contributed by atoms with E-state index in [-0.39, 0.29) is 6.09 Å². The molecular formula is C19H25ClN6O2S. The number of rotatable bonds is 4. The van der Waals surface area contributed by atoms with Crippen LogP contribution in [0.4, 0.5) is 21.4 Å². The van der Waals surface area contributed by atoms with Crippen molar-refractivity contribution in [1.29, 1.82) is 0 Å². The number of benzene rings is 1. The van der Waals surface area contributed by atoms with Gasteiger partial charge in [-0.15, -0.1) is 11.3 Å². The number of nitrogens with one attached hydrogen (secondary N) is 1. The third kappa shape index (κ3) is 5.98. The van der Waals surface area contributed by atoms with Crippen LogP contribution >= 0.6 is 22.9 Å². The highest BCUT2D eigenvalue weighted by Crippen LogP contribution is 2.24. The van der Waals surface area contributed by atoms with Crippen LogP contribution in [0.1, 0.15) is 26.3 Å². The Hall–Kier alpha value is -2.52. The fourth-order valence-electron chi connectivity index (χ4n) is 2.79. The van der Waals surface area contributed by atoms with E-state index in [1.165, 1.54) is 11.3 Å². The van der Waals surface area contributed by atoms with Gasteiger partial charge in [0.1, 0.15) is 11.4 Å². The minimum absolute atomic E-state index is 0.267. The smallest absolute Gasteiger partial charge is 0.410 e. The zero-order valence-corrected chi connectivity index (χ0v) is 18.3. The van der Waals surface area contributed by atoms with Gasteiger partial charge in [-0.05, 0) is 39.0 Å². The Morgan fingerprint density at radius 1 is 1.34 bits per heavy atom. The lowest BCUT2D eigenvalue weighted by Gasteiger charge is -2.36. The van der Waals surface area contributed by atoms with Crippen LogP contribution in [0.2, 0.25) is 5.02 Å². The van der Waals surface area contributed by atoms with Crippen LogP contribution in [0.3, 0.4) is 0 Å². The van der Waals surface area contributed by atoms with Crippen molar-refractivity contribution in [3.05, 3.63) is 34.2 Å². The maximum absolute atomic E-state index is 12.2. The average Bonchev–Trinajstić information content (AvgIpc) is 3.07. The van der Waals surface area contributed by atoms with E-state index in [0.29, 0.717) is 29.1 Å². The molecule has 0 bridgehead atoms. The maximum atomic E-state index is 12.2. The number of hydrogen-bond acceptors (Lipinski definition) is 8. The van der Waals surface area contributed by atoms with Crippen LogP contribution in [0.5, 0.6) is 0 Å². The molecule has 1 aliphatic rings. The largest absolute Gasteiger partial charge is 0.444 e. The van der Waals surface area contributed by atoms with Crippen LogP contribution in [-0.4, -0.2) is 54.0 Å². The van der Waals surface area contributed by atoms with Crippen molar-refractivity contribution in [2.75, 3.05) is 42.2 Å². The lowest BCUT2D eigenvalue weighted by Crippen LogP contribution is -2.50. The number of nitrogens with zero attached hydrogens (tertiary/aromatic N) is 4. The van der Waals surface area contributed by atoms with Crippen molar-refractivity contribution < 1.29 is 9.53 Å². The quantitative estimate of drug-likeness (QED) is 0.557. The predicted molar refractivity (Wildman–Crippen MR) is 119 cm³/mol. The normalized spacial score (nSPS) is 15.0. The van der Waals surface area contributed by atoms with Crippen molar-refractivity contribution >= 4 is 51.9 Å². The summed E-state index contributed by atoms with van der Waals surface area (Å²) in [6, 6.07) is 5.82. The van der Waals surface area contributed by atoms with E-state index < -0.39 is 5.60 Å². The third-order valence-corrected chi connectivity index (χ3v) is 5.26. The van der Waals surface area contributed by atoms with Gasteiger partial charge >= 0.3 is 6.09 Å². The summed E-state index contributed by atoms with van der Waals surface area (Å²) in [5.74, 6) is 0.460. The van der Waals surface area contributed by atoms with Gasteiger partial charge in [-0.2, -0.15) is 5.10 Å². The van der Waals surface area contributed by atoms with E-state index in [0.717, 1.165) is 24.3 Å². The molecule has 0 saturated carbocycles. The van der Waals surface area contributed by atoms with Gasteiger partial charge < -0.3 is 20.3 Å². The second-order valence-corrected chi connectivity index (χ2v) is 8.87. The molecule has 2 aromatic rings. The fourth-order valence-corrected chi connectivity index (χ4v) is 3.56. The summed E-state index contributed by atoms with van der Waals surface area (Å²) in [5.41, 5.74) is 9.72. The Labute approximate surface area is 179 Å². The molecule has 29 heavy (non-hydrogen) atoms. The number of thiazole rings is 1. The first kappa shape index (κ1) is 21.2. The van der Waals surface area contributed by atoms with Crippen molar-refractivity contribution in [3.8, 4) is 0 Å². The minimum atomic E-state index is -0.486. The lowest BCUT2D eigenvalue weighted by molar-refractivity contribution is 0.0240. The van der Waals surface area contributed by atoms with Gasteiger partial charge in [0.05, 0.1) is 11.2 Å². The predicted octanol–water partition coefficient (Wildman–Crippen LogP) is 3.88. The number of anilines is 3. The van der Waals surface area contributed by atoms with Gasteiger partial charge in [-0.3, -0.25) is 5.43 Å². The second kappa shape index (κ2) is 8.87. The highest BCUT2D eigenvalue weighted by molar-refractivity contribution is 7.14. The topological polar surface area (TPSA) is 96.1 Å². The minimum Gasteiger partial charge on any atom is -0.444 e. The molecule has 1 aliphatic heterocycles. The van der Waals surface area contributed by atoms with Crippen LogP contribution in [0.25, 0.3) is 0 Å². The molecule has 1 amide bonds. The molecule has 156 valence electrons. The molecular weight excluding hydrogens is 412 g/mol. The van der Waals surface area contributed by atoms with E-state index in [4.69, 9.17) is 22.1 Å².